The van der Waals surface area contributed by atoms with Crippen LogP contribution in [0.1, 0.15) is 28.8 Å². The van der Waals surface area contributed by atoms with Gasteiger partial charge in [0.15, 0.2) is 0 Å². The number of rotatable bonds is 4. The average Bonchev–Trinajstić information content (AvgIpc) is 3.08. The number of carbonyl (C=O) groups excluding carboxylic acids is 1. The number of nitrogens with zero attached hydrogens (tertiary/aromatic N) is 1. The normalized spacial score (nSPS) is 16.1. The fraction of sp³-hybridized carbons (Fsp3) is 0.417. The molecule has 0 aromatic heterocycles. The van der Waals surface area contributed by atoms with Crippen LogP contribution in [0.4, 0.5) is 5.69 Å². The lowest BCUT2D eigenvalue weighted by atomic mass is 10.1. The van der Waals surface area contributed by atoms with Gasteiger partial charge in [-0.25, -0.2) is 0 Å². The number of nitro benzene ring substituents is 1. The molecule has 1 aliphatic rings. The quantitative estimate of drug-likeness (QED) is 0.518. The third-order valence-corrected chi connectivity index (χ3v) is 3.53. The first kappa shape index (κ1) is 12.8. The third kappa shape index (κ3) is 2.61. The zero-order valence-corrected chi connectivity index (χ0v) is 10.7. The first-order chi connectivity index (χ1) is 8.46. The second-order valence-electron chi connectivity index (χ2n) is 4.68. The van der Waals surface area contributed by atoms with Gasteiger partial charge in [-0.2, -0.15) is 0 Å². The minimum Gasteiger partial charge on any atom is -0.345 e. The summed E-state index contributed by atoms with van der Waals surface area (Å²) >= 11 is 5.78. The first-order valence-electron chi connectivity index (χ1n) is 5.60. The van der Waals surface area contributed by atoms with Crippen LogP contribution in [-0.2, 0) is 0 Å². The molecule has 0 unspecified atom stereocenters. The van der Waals surface area contributed by atoms with Gasteiger partial charge in [-0.05, 0) is 31.4 Å². The van der Waals surface area contributed by atoms with E-state index in [1.165, 1.54) is 12.1 Å². The van der Waals surface area contributed by atoms with E-state index in [1.807, 2.05) is 0 Å². The molecule has 0 heterocycles. The molecule has 1 fully saturated rings. The lowest BCUT2D eigenvalue weighted by Crippen LogP contribution is -2.38. The SMILES string of the molecule is Cc1cc(C(=O)NC2(CCl)CC2)cc([N+](=O)[O-])c1. The van der Waals surface area contributed by atoms with E-state index in [1.54, 1.807) is 13.0 Å². The summed E-state index contributed by atoms with van der Waals surface area (Å²) in [6.07, 6.45) is 1.71. The first-order valence-corrected chi connectivity index (χ1v) is 6.14. The average molecular weight is 269 g/mol. The molecule has 0 saturated heterocycles. The van der Waals surface area contributed by atoms with E-state index in [-0.39, 0.29) is 17.1 Å². The number of carbonyl (C=O) groups is 1. The van der Waals surface area contributed by atoms with Gasteiger partial charge in [-0.15, -0.1) is 11.6 Å². The van der Waals surface area contributed by atoms with E-state index < -0.39 is 4.92 Å². The monoisotopic (exact) mass is 268 g/mol. The molecule has 1 aromatic rings. The van der Waals surface area contributed by atoms with E-state index in [4.69, 9.17) is 11.6 Å². The van der Waals surface area contributed by atoms with Crippen LogP contribution in [0.25, 0.3) is 0 Å². The van der Waals surface area contributed by atoms with Crippen LogP contribution in [0.3, 0.4) is 0 Å². The van der Waals surface area contributed by atoms with E-state index in [9.17, 15) is 14.9 Å². The highest BCUT2D eigenvalue weighted by atomic mass is 35.5. The van der Waals surface area contributed by atoms with E-state index in [0.717, 1.165) is 12.8 Å². The van der Waals surface area contributed by atoms with Gasteiger partial charge in [0.25, 0.3) is 11.6 Å². The van der Waals surface area contributed by atoms with Crippen molar-refractivity contribution in [1.82, 2.24) is 5.32 Å². The maximum absolute atomic E-state index is 12.0. The fourth-order valence-corrected chi connectivity index (χ4v) is 2.09. The Morgan fingerprint density at radius 2 is 2.17 bits per heavy atom. The highest BCUT2D eigenvalue weighted by Crippen LogP contribution is 2.36. The Bertz CT molecular complexity index is 512. The van der Waals surface area contributed by atoms with Crippen molar-refractivity contribution in [2.45, 2.75) is 25.3 Å². The summed E-state index contributed by atoms with van der Waals surface area (Å²) in [5, 5.41) is 13.6. The molecular formula is C12H13ClN2O3. The number of nitro groups is 1. The topological polar surface area (TPSA) is 72.2 Å². The zero-order chi connectivity index (χ0) is 13.3. The summed E-state index contributed by atoms with van der Waals surface area (Å²) in [6.45, 7) is 1.72. The van der Waals surface area contributed by atoms with Gasteiger partial charge < -0.3 is 5.32 Å². The smallest absolute Gasteiger partial charge is 0.270 e. The standard InChI is InChI=1S/C12H13ClN2O3/c1-8-4-9(6-10(5-8)15(17)18)11(16)14-12(7-13)2-3-12/h4-6H,2-3,7H2,1H3,(H,14,16). The Balaban J connectivity index is 2.22. The molecule has 96 valence electrons. The molecule has 18 heavy (non-hydrogen) atoms. The summed E-state index contributed by atoms with van der Waals surface area (Å²) in [7, 11) is 0. The number of benzene rings is 1. The summed E-state index contributed by atoms with van der Waals surface area (Å²) in [4.78, 5) is 22.2. The molecule has 0 bridgehead atoms. The van der Waals surface area contributed by atoms with Crippen molar-refractivity contribution in [3.8, 4) is 0 Å². The van der Waals surface area contributed by atoms with Crippen LogP contribution < -0.4 is 5.32 Å². The number of nitrogens with one attached hydrogen (secondary N) is 1. The molecule has 0 radical (unpaired) electrons. The van der Waals surface area contributed by atoms with Crippen LogP contribution in [0.15, 0.2) is 18.2 Å². The lowest BCUT2D eigenvalue weighted by Gasteiger charge is -2.14. The van der Waals surface area contributed by atoms with Crippen molar-refractivity contribution in [2.24, 2.45) is 0 Å². The summed E-state index contributed by atoms with van der Waals surface area (Å²) in [6, 6.07) is 4.35. The largest absolute Gasteiger partial charge is 0.345 e. The van der Waals surface area contributed by atoms with Crippen molar-refractivity contribution >= 4 is 23.2 Å². The molecule has 6 heteroatoms. The van der Waals surface area contributed by atoms with E-state index in [0.29, 0.717) is 17.0 Å². The molecule has 1 saturated carbocycles. The predicted molar refractivity (Wildman–Crippen MR) is 68.0 cm³/mol. The van der Waals surface area contributed by atoms with Gasteiger partial charge in [0.1, 0.15) is 0 Å². The number of non-ortho nitro benzene ring substituents is 1. The van der Waals surface area contributed by atoms with Crippen molar-refractivity contribution in [2.75, 3.05) is 5.88 Å². The molecule has 1 N–H and O–H groups in total. The minimum atomic E-state index is -0.502. The molecule has 0 spiro atoms. The molecule has 0 aliphatic heterocycles. The molecule has 2 rings (SSSR count). The van der Waals surface area contributed by atoms with Crippen molar-refractivity contribution < 1.29 is 9.72 Å². The highest BCUT2D eigenvalue weighted by Gasteiger charge is 2.43. The number of amides is 1. The van der Waals surface area contributed by atoms with Crippen molar-refractivity contribution in [1.29, 1.82) is 0 Å². The second kappa shape index (κ2) is 4.57. The predicted octanol–water partition coefficient (Wildman–Crippen LogP) is 2.40. The lowest BCUT2D eigenvalue weighted by molar-refractivity contribution is -0.384. The Labute approximate surface area is 109 Å². The molecule has 0 atom stereocenters. The maximum atomic E-state index is 12.0. The number of halogens is 1. The zero-order valence-electron chi connectivity index (χ0n) is 9.90. The number of hydrogen-bond acceptors (Lipinski definition) is 3. The molecule has 5 nitrogen and oxygen atoms in total. The maximum Gasteiger partial charge on any atom is 0.270 e. The van der Waals surface area contributed by atoms with Gasteiger partial charge in [0, 0.05) is 23.6 Å². The van der Waals surface area contributed by atoms with Gasteiger partial charge in [-0.1, -0.05) is 0 Å². The molecule has 1 aromatic carbocycles. The highest BCUT2D eigenvalue weighted by molar-refractivity contribution is 6.19. The van der Waals surface area contributed by atoms with Gasteiger partial charge in [0.2, 0.25) is 0 Å². The van der Waals surface area contributed by atoms with Gasteiger partial charge >= 0.3 is 0 Å². The summed E-state index contributed by atoms with van der Waals surface area (Å²) < 4.78 is 0. The van der Waals surface area contributed by atoms with Gasteiger partial charge in [-0.3, -0.25) is 14.9 Å². The van der Waals surface area contributed by atoms with Crippen LogP contribution in [0.2, 0.25) is 0 Å². The van der Waals surface area contributed by atoms with Crippen LogP contribution in [0.5, 0.6) is 0 Å². The minimum absolute atomic E-state index is 0.0733. The molecule has 1 aliphatic carbocycles. The fourth-order valence-electron chi connectivity index (χ4n) is 1.76. The second-order valence-corrected chi connectivity index (χ2v) is 4.95. The summed E-state index contributed by atoms with van der Waals surface area (Å²) in [5.74, 6) is 0.0621. The van der Waals surface area contributed by atoms with Crippen LogP contribution in [-0.4, -0.2) is 22.2 Å². The van der Waals surface area contributed by atoms with Gasteiger partial charge in [0.05, 0.1) is 10.5 Å². The Hall–Kier alpha value is -1.62. The Kier molecular flexibility index (Phi) is 3.26. The summed E-state index contributed by atoms with van der Waals surface area (Å²) in [5.41, 5.74) is 0.607. The van der Waals surface area contributed by atoms with Crippen LogP contribution >= 0.6 is 11.6 Å². The van der Waals surface area contributed by atoms with Crippen molar-refractivity contribution in [3.05, 3.63) is 39.4 Å². The molecule has 1 amide bonds. The number of hydrogen-bond donors (Lipinski definition) is 1. The van der Waals surface area contributed by atoms with Crippen LogP contribution in [0, 0.1) is 17.0 Å². The van der Waals surface area contributed by atoms with E-state index >= 15 is 0 Å². The Morgan fingerprint density at radius 3 is 2.67 bits per heavy atom. The van der Waals surface area contributed by atoms with Crippen molar-refractivity contribution in [3.63, 3.8) is 0 Å². The number of aryl methyl sites for hydroxylation is 1. The third-order valence-electron chi connectivity index (χ3n) is 3.02. The molecular weight excluding hydrogens is 256 g/mol. The number of alkyl halides is 1. The van der Waals surface area contributed by atoms with E-state index in [2.05, 4.69) is 5.32 Å². The Morgan fingerprint density at radius 1 is 1.50 bits per heavy atom.